The second-order valence-electron chi connectivity index (χ2n) is 3.95. The average Bonchev–Trinajstić information content (AvgIpc) is 2.83. The summed E-state index contributed by atoms with van der Waals surface area (Å²) in [4.78, 5) is 4.19. The smallest absolute Gasteiger partial charge is 0.233 e. The van der Waals surface area contributed by atoms with Crippen molar-refractivity contribution in [2.45, 2.75) is 19.5 Å². The zero-order valence-electron chi connectivity index (χ0n) is 10.7. The van der Waals surface area contributed by atoms with E-state index in [1.54, 1.807) is 24.2 Å². The highest BCUT2D eigenvalue weighted by molar-refractivity contribution is 5.11. The molecule has 1 N–H and O–H groups in total. The van der Waals surface area contributed by atoms with Crippen LogP contribution in [0.5, 0.6) is 5.88 Å². The van der Waals surface area contributed by atoms with Crippen molar-refractivity contribution in [2.75, 3.05) is 7.11 Å². The lowest BCUT2D eigenvalue weighted by Gasteiger charge is -2.09. The van der Waals surface area contributed by atoms with Crippen molar-refractivity contribution in [3.8, 4) is 5.88 Å². The summed E-state index contributed by atoms with van der Waals surface area (Å²) in [5, 5.41) is 15.5. The normalized spacial score (nSPS) is 12.4. The van der Waals surface area contributed by atoms with Crippen LogP contribution in [-0.4, -0.2) is 32.1 Å². The van der Waals surface area contributed by atoms with Gasteiger partial charge in [-0.1, -0.05) is 0 Å². The Labute approximate surface area is 105 Å². The summed E-state index contributed by atoms with van der Waals surface area (Å²) >= 11 is 0. The van der Waals surface area contributed by atoms with Crippen LogP contribution in [0.4, 0.5) is 0 Å². The number of ether oxygens (including phenoxy) is 1. The Bertz CT molecular complexity index is 494. The molecule has 0 aliphatic heterocycles. The van der Waals surface area contributed by atoms with E-state index in [4.69, 9.17) is 4.74 Å². The number of hydrogen-bond acceptors (Lipinski definition) is 6. The molecule has 0 unspecified atom stereocenters. The van der Waals surface area contributed by atoms with Gasteiger partial charge in [0, 0.05) is 19.7 Å². The molecular formula is C11H16N6O. The van der Waals surface area contributed by atoms with E-state index >= 15 is 0 Å². The Morgan fingerprint density at radius 1 is 1.39 bits per heavy atom. The molecule has 2 aromatic rings. The Morgan fingerprint density at radius 2 is 2.22 bits per heavy atom. The zero-order chi connectivity index (χ0) is 13.0. The molecule has 0 spiro atoms. The zero-order valence-corrected chi connectivity index (χ0v) is 10.7. The third-order valence-electron chi connectivity index (χ3n) is 2.50. The van der Waals surface area contributed by atoms with Crippen molar-refractivity contribution >= 4 is 0 Å². The Balaban J connectivity index is 1.90. The summed E-state index contributed by atoms with van der Waals surface area (Å²) in [5.41, 5.74) is 0.846. The van der Waals surface area contributed by atoms with Crippen LogP contribution < -0.4 is 10.1 Å². The number of methoxy groups -OCH3 is 1. The maximum Gasteiger partial charge on any atom is 0.233 e. The first kappa shape index (κ1) is 12.4. The maximum absolute atomic E-state index is 4.95. The van der Waals surface area contributed by atoms with Crippen LogP contribution in [0.15, 0.2) is 18.5 Å². The van der Waals surface area contributed by atoms with Gasteiger partial charge < -0.3 is 10.1 Å². The van der Waals surface area contributed by atoms with Crippen LogP contribution in [0, 0.1) is 0 Å². The fraction of sp³-hybridized carbons (Fsp3) is 0.455. The Morgan fingerprint density at radius 3 is 2.78 bits per heavy atom. The molecule has 7 nitrogen and oxygen atoms in total. The lowest BCUT2D eigenvalue weighted by Crippen LogP contribution is -2.20. The van der Waals surface area contributed by atoms with Gasteiger partial charge in [-0.2, -0.15) is 10.2 Å². The van der Waals surface area contributed by atoms with Gasteiger partial charge in [0.1, 0.15) is 6.33 Å². The molecule has 0 radical (unpaired) electrons. The van der Waals surface area contributed by atoms with Crippen LogP contribution in [0.2, 0.25) is 0 Å². The van der Waals surface area contributed by atoms with Crippen molar-refractivity contribution in [3.63, 3.8) is 0 Å². The van der Waals surface area contributed by atoms with Crippen LogP contribution >= 0.6 is 0 Å². The van der Waals surface area contributed by atoms with E-state index in [0.717, 1.165) is 11.5 Å². The minimum Gasteiger partial charge on any atom is -0.480 e. The Hall–Kier alpha value is -2.02. The fourth-order valence-electron chi connectivity index (χ4n) is 1.45. The van der Waals surface area contributed by atoms with E-state index in [0.29, 0.717) is 12.4 Å². The average molecular weight is 248 g/mol. The van der Waals surface area contributed by atoms with Gasteiger partial charge in [0.25, 0.3) is 0 Å². The fourth-order valence-corrected chi connectivity index (χ4v) is 1.45. The van der Waals surface area contributed by atoms with Gasteiger partial charge in [0.15, 0.2) is 5.82 Å². The predicted molar refractivity (Wildman–Crippen MR) is 64.8 cm³/mol. The molecule has 0 saturated heterocycles. The van der Waals surface area contributed by atoms with E-state index in [1.165, 1.54) is 0 Å². The third-order valence-corrected chi connectivity index (χ3v) is 2.50. The second-order valence-corrected chi connectivity index (χ2v) is 3.95. The molecule has 1 atom stereocenters. The highest BCUT2D eigenvalue weighted by atomic mass is 16.5. The Kier molecular flexibility index (Phi) is 3.83. The van der Waals surface area contributed by atoms with E-state index in [2.05, 4.69) is 25.6 Å². The molecule has 0 aromatic carbocycles. The molecule has 2 aromatic heterocycles. The first-order chi connectivity index (χ1) is 8.69. The van der Waals surface area contributed by atoms with Crippen LogP contribution in [-0.2, 0) is 13.6 Å². The lowest BCUT2D eigenvalue weighted by molar-refractivity contribution is 0.390. The highest BCUT2D eigenvalue weighted by Gasteiger charge is 2.09. The van der Waals surface area contributed by atoms with Gasteiger partial charge in [-0.25, -0.2) is 4.98 Å². The number of nitrogens with one attached hydrogen (secondary N) is 1. The standard InChI is InChI=1S/C11H16N6O/c1-8(11-13-7-17(2)16-11)12-6-9-4-5-10(18-3)15-14-9/h4-5,7-8,12H,6H2,1-3H3/t8-/m0/s1. The van der Waals surface area contributed by atoms with Gasteiger partial charge in [-0.05, 0) is 13.0 Å². The third kappa shape index (κ3) is 3.01. The minimum atomic E-state index is 0.0649. The highest BCUT2D eigenvalue weighted by Crippen LogP contribution is 2.07. The molecular weight excluding hydrogens is 232 g/mol. The molecule has 7 heteroatoms. The summed E-state index contributed by atoms with van der Waals surface area (Å²) in [7, 11) is 3.41. The van der Waals surface area contributed by atoms with E-state index in [-0.39, 0.29) is 6.04 Å². The number of nitrogens with zero attached hydrogens (tertiary/aromatic N) is 5. The molecule has 0 amide bonds. The van der Waals surface area contributed by atoms with Crippen LogP contribution in [0.25, 0.3) is 0 Å². The largest absolute Gasteiger partial charge is 0.480 e. The van der Waals surface area contributed by atoms with Crippen LogP contribution in [0.3, 0.4) is 0 Å². The molecule has 0 bridgehead atoms. The van der Waals surface area contributed by atoms with Crippen molar-refractivity contribution in [3.05, 3.63) is 30.0 Å². The monoisotopic (exact) mass is 248 g/mol. The van der Waals surface area contributed by atoms with Crippen LogP contribution in [0.1, 0.15) is 24.5 Å². The van der Waals surface area contributed by atoms with E-state index in [9.17, 15) is 0 Å². The molecule has 0 saturated carbocycles. The van der Waals surface area contributed by atoms with Crippen molar-refractivity contribution in [2.24, 2.45) is 7.05 Å². The molecule has 18 heavy (non-hydrogen) atoms. The quantitative estimate of drug-likeness (QED) is 0.828. The van der Waals surface area contributed by atoms with E-state index in [1.807, 2.05) is 20.0 Å². The first-order valence-corrected chi connectivity index (χ1v) is 5.64. The number of aryl methyl sites for hydroxylation is 1. The summed E-state index contributed by atoms with van der Waals surface area (Å²) < 4.78 is 6.63. The molecule has 0 aliphatic rings. The van der Waals surface area contributed by atoms with Crippen molar-refractivity contribution < 1.29 is 4.74 Å². The lowest BCUT2D eigenvalue weighted by atomic mass is 10.3. The first-order valence-electron chi connectivity index (χ1n) is 5.64. The predicted octanol–water partition coefficient (Wildman–Crippen LogP) is 0.464. The minimum absolute atomic E-state index is 0.0649. The number of rotatable bonds is 5. The maximum atomic E-state index is 4.95. The number of hydrogen-bond donors (Lipinski definition) is 1. The van der Waals surface area contributed by atoms with Crippen molar-refractivity contribution in [1.29, 1.82) is 0 Å². The summed E-state index contributed by atoms with van der Waals surface area (Å²) in [6.07, 6.45) is 1.68. The summed E-state index contributed by atoms with van der Waals surface area (Å²) in [6, 6.07) is 3.72. The SMILES string of the molecule is COc1ccc(CN[C@@H](C)c2ncn(C)n2)nn1. The van der Waals surface area contributed by atoms with Gasteiger partial charge in [0.05, 0.1) is 18.8 Å². The van der Waals surface area contributed by atoms with E-state index < -0.39 is 0 Å². The molecule has 2 heterocycles. The second kappa shape index (κ2) is 5.54. The molecule has 0 aliphatic carbocycles. The summed E-state index contributed by atoms with van der Waals surface area (Å²) in [6.45, 7) is 2.61. The van der Waals surface area contributed by atoms with Gasteiger partial charge in [-0.3, -0.25) is 4.68 Å². The van der Waals surface area contributed by atoms with Gasteiger partial charge in [0.2, 0.25) is 5.88 Å². The number of aromatic nitrogens is 5. The molecule has 96 valence electrons. The van der Waals surface area contributed by atoms with Gasteiger partial charge >= 0.3 is 0 Å². The molecule has 2 rings (SSSR count). The summed E-state index contributed by atoms with van der Waals surface area (Å²) in [5.74, 6) is 1.28. The van der Waals surface area contributed by atoms with Crippen molar-refractivity contribution in [1.82, 2.24) is 30.3 Å². The van der Waals surface area contributed by atoms with Gasteiger partial charge in [-0.15, -0.1) is 5.10 Å². The topological polar surface area (TPSA) is 77.8 Å². The molecule has 0 fully saturated rings.